The van der Waals surface area contributed by atoms with Crippen LogP contribution in [0.1, 0.15) is 54.2 Å². The summed E-state index contributed by atoms with van der Waals surface area (Å²) in [7, 11) is 0. The topological polar surface area (TPSA) is 97.1 Å². The van der Waals surface area contributed by atoms with E-state index in [9.17, 15) is 22.8 Å². The van der Waals surface area contributed by atoms with E-state index < -0.39 is 29.5 Å². The van der Waals surface area contributed by atoms with Crippen LogP contribution in [-0.4, -0.2) is 37.8 Å². The number of hydrogen-bond acceptors (Lipinski definition) is 4. The van der Waals surface area contributed by atoms with Gasteiger partial charge in [-0.2, -0.15) is 18.3 Å². The van der Waals surface area contributed by atoms with Gasteiger partial charge in [-0.05, 0) is 30.9 Å². The second-order valence-corrected chi connectivity index (χ2v) is 7.09. The molecule has 1 fully saturated rings. The summed E-state index contributed by atoms with van der Waals surface area (Å²) >= 11 is 0. The van der Waals surface area contributed by atoms with Gasteiger partial charge in [0.1, 0.15) is 0 Å². The summed E-state index contributed by atoms with van der Waals surface area (Å²) in [6.45, 7) is 3.66. The lowest BCUT2D eigenvalue weighted by Gasteiger charge is -2.32. The molecule has 1 aliphatic rings. The molecular formula is C18H19F3N4O3. The molecule has 2 aromatic heterocycles. The highest BCUT2D eigenvalue weighted by molar-refractivity contribution is 5.95. The highest BCUT2D eigenvalue weighted by atomic mass is 19.4. The minimum absolute atomic E-state index is 0.152. The van der Waals surface area contributed by atoms with Crippen LogP contribution in [0, 0.1) is 5.92 Å². The van der Waals surface area contributed by atoms with E-state index in [2.05, 4.69) is 15.4 Å². The first-order valence-corrected chi connectivity index (χ1v) is 8.73. The Bertz CT molecular complexity index is 884. The quantitative estimate of drug-likeness (QED) is 0.810. The molecular weight excluding hydrogens is 377 g/mol. The SMILES string of the molecule is CC(C)c1c(C(=O)NC2CC(C(=O)O)C2)cnn1-c1ccc(C(F)(F)F)cn1. The number of aliphatic carboxylic acids is 1. The van der Waals surface area contributed by atoms with Crippen molar-refractivity contribution < 1.29 is 27.9 Å². The molecule has 2 heterocycles. The first-order valence-electron chi connectivity index (χ1n) is 8.73. The minimum atomic E-state index is -4.49. The normalized spacial score (nSPS) is 19.4. The van der Waals surface area contributed by atoms with Gasteiger partial charge in [-0.15, -0.1) is 0 Å². The average molecular weight is 396 g/mol. The lowest BCUT2D eigenvalue weighted by molar-refractivity contribution is -0.145. The van der Waals surface area contributed by atoms with E-state index >= 15 is 0 Å². The zero-order valence-corrected chi connectivity index (χ0v) is 15.2. The number of nitrogens with zero attached hydrogens (tertiary/aromatic N) is 3. The van der Waals surface area contributed by atoms with Crippen molar-refractivity contribution in [3.8, 4) is 5.82 Å². The maximum atomic E-state index is 12.7. The molecule has 0 spiro atoms. The molecule has 1 amide bonds. The van der Waals surface area contributed by atoms with Crippen molar-refractivity contribution >= 4 is 11.9 Å². The van der Waals surface area contributed by atoms with Crippen molar-refractivity contribution in [2.24, 2.45) is 5.92 Å². The number of carboxylic acid groups (broad SMARTS) is 1. The molecule has 0 aromatic carbocycles. The van der Waals surface area contributed by atoms with Crippen LogP contribution in [-0.2, 0) is 11.0 Å². The monoisotopic (exact) mass is 396 g/mol. The van der Waals surface area contributed by atoms with Gasteiger partial charge in [0.2, 0.25) is 0 Å². The predicted octanol–water partition coefficient (Wildman–Crippen LogP) is 3.00. The van der Waals surface area contributed by atoms with Crippen molar-refractivity contribution in [2.45, 2.75) is 44.8 Å². The number of carbonyl (C=O) groups is 2. The average Bonchev–Trinajstić information content (AvgIpc) is 3.02. The zero-order valence-electron chi connectivity index (χ0n) is 15.2. The van der Waals surface area contributed by atoms with E-state index in [0.717, 1.165) is 12.3 Å². The molecule has 28 heavy (non-hydrogen) atoms. The minimum Gasteiger partial charge on any atom is -0.481 e. The maximum absolute atomic E-state index is 12.7. The first-order chi connectivity index (χ1) is 13.1. The van der Waals surface area contributed by atoms with Gasteiger partial charge in [-0.3, -0.25) is 9.59 Å². The van der Waals surface area contributed by atoms with Crippen LogP contribution in [0.4, 0.5) is 13.2 Å². The third-order valence-corrected chi connectivity index (χ3v) is 4.71. The van der Waals surface area contributed by atoms with E-state index in [4.69, 9.17) is 5.11 Å². The van der Waals surface area contributed by atoms with Crippen molar-refractivity contribution in [2.75, 3.05) is 0 Å². The smallest absolute Gasteiger partial charge is 0.417 e. The summed E-state index contributed by atoms with van der Waals surface area (Å²) in [6.07, 6.45) is -1.68. The molecule has 1 aliphatic carbocycles. The third kappa shape index (κ3) is 3.85. The Kier molecular flexibility index (Phi) is 5.14. The van der Waals surface area contributed by atoms with E-state index in [1.54, 1.807) is 0 Å². The molecule has 0 aliphatic heterocycles. The van der Waals surface area contributed by atoms with Gasteiger partial charge < -0.3 is 10.4 Å². The van der Waals surface area contributed by atoms with Crippen molar-refractivity contribution in [3.05, 3.63) is 41.3 Å². The summed E-state index contributed by atoms with van der Waals surface area (Å²) in [6, 6.07) is 1.89. The fraction of sp³-hybridized carbons (Fsp3) is 0.444. The summed E-state index contributed by atoms with van der Waals surface area (Å²) in [4.78, 5) is 27.3. The fourth-order valence-electron chi connectivity index (χ4n) is 3.15. The van der Waals surface area contributed by atoms with E-state index in [-0.39, 0.29) is 23.3 Å². The molecule has 1 saturated carbocycles. The molecule has 0 radical (unpaired) electrons. The molecule has 0 bridgehead atoms. The molecule has 150 valence electrons. The number of carboxylic acids is 1. The van der Waals surface area contributed by atoms with Gasteiger partial charge >= 0.3 is 12.1 Å². The number of carbonyl (C=O) groups excluding carboxylic acids is 1. The summed E-state index contributed by atoms with van der Waals surface area (Å²) in [5.41, 5.74) is -0.0697. The van der Waals surface area contributed by atoms with Crippen LogP contribution < -0.4 is 5.32 Å². The first kappa shape index (κ1) is 19.8. The number of amides is 1. The predicted molar refractivity (Wildman–Crippen MR) is 92.1 cm³/mol. The van der Waals surface area contributed by atoms with E-state index in [1.165, 1.54) is 16.9 Å². The number of alkyl halides is 3. The number of nitrogens with one attached hydrogen (secondary N) is 1. The van der Waals surface area contributed by atoms with Gasteiger partial charge in [-0.1, -0.05) is 13.8 Å². The Balaban J connectivity index is 1.82. The lowest BCUT2D eigenvalue weighted by Crippen LogP contribution is -2.46. The van der Waals surface area contributed by atoms with E-state index in [0.29, 0.717) is 18.5 Å². The van der Waals surface area contributed by atoms with Crippen LogP contribution >= 0.6 is 0 Å². The van der Waals surface area contributed by atoms with Crippen molar-refractivity contribution in [1.82, 2.24) is 20.1 Å². The highest BCUT2D eigenvalue weighted by Gasteiger charge is 2.36. The Labute approximate surface area is 158 Å². The van der Waals surface area contributed by atoms with Crippen LogP contribution in [0.5, 0.6) is 0 Å². The summed E-state index contributed by atoms with van der Waals surface area (Å²) < 4.78 is 39.5. The Morgan fingerprint density at radius 3 is 2.43 bits per heavy atom. The van der Waals surface area contributed by atoms with Gasteiger partial charge in [0, 0.05) is 12.2 Å². The standard InChI is InChI=1S/C18H19F3N4O3/c1-9(2)15-13(16(26)24-12-5-10(6-12)17(27)28)8-23-25(15)14-4-3-11(7-22-14)18(19,20)21/h3-4,7-10,12H,5-6H2,1-2H3,(H,24,26)(H,27,28). The second-order valence-electron chi connectivity index (χ2n) is 7.09. The van der Waals surface area contributed by atoms with Crippen LogP contribution in [0.3, 0.4) is 0 Å². The van der Waals surface area contributed by atoms with Gasteiger partial charge in [0.15, 0.2) is 5.82 Å². The van der Waals surface area contributed by atoms with Gasteiger partial charge in [-0.25, -0.2) is 9.67 Å². The molecule has 3 rings (SSSR count). The molecule has 7 nitrogen and oxygen atoms in total. The molecule has 0 atom stereocenters. The largest absolute Gasteiger partial charge is 0.481 e. The number of hydrogen-bond donors (Lipinski definition) is 2. The Morgan fingerprint density at radius 1 is 1.25 bits per heavy atom. The van der Waals surface area contributed by atoms with Crippen molar-refractivity contribution in [3.63, 3.8) is 0 Å². The fourth-order valence-corrected chi connectivity index (χ4v) is 3.15. The number of rotatable bonds is 5. The molecule has 2 aromatic rings. The van der Waals surface area contributed by atoms with Crippen molar-refractivity contribution in [1.29, 1.82) is 0 Å². The number of aromatic nitrogens is 3. The van der Waals surface area contributed by atoms with Gasteiger partial charge in [0.05, 0.1) is 28.9 Å². The number of halogens is 3. The Hall–Kier alpha value is -2.91. The molecule has 0 unspecified atom stereocenters. The zero-order chi connectivity index (χ0) is 20.6. The molecule has 10 heteroatoms. The van der Waals surface area contributed by atoms with Crippen LogP contribution in [0.2, 0.25) is 0 Å². The third-order valence-electron chi connectivity index (χ3n) is 4.71. The second kappa shape index (κ2) is 7.25. The van der Waals surface area contributed by atoms with Gasteiger partial charge in [0.25, 0.3) is 5.91 Å². The van der Waals surface area contributed by atoms with Crippen LogP contribution in [0.25, 0.3) is 5.82 Å². The van der Waals surface area contributed by atoms with Crippen LogP contribution in [0.15, 0.2) is 24.5 Å². The maximum Gasteiger partial charge on any atom is 0.417 e. The van der Waals surface area contributed by atoms with E-state index in [1.807, 2.05) is 13.8 Å². The number of pyridine rings is 1. The molecule has 0 saturated heterocycles. The Morgan fingerprint density at radius 2 is 1.93 bits per heavy atom. The summed E-state index contributed by atoms with van der Waals surface area (Å²) in [5, 5.41) is 15.8. The lowest BCUT2D eigenvalue weighted by atomic mass is 9.80. The summed E-state index contributed by atoms with van der Waals surface area (Å²) in [5.74, 6) is -1.70. The molecule has 2 N–H and O–H groups in total. The highest BCUT2D eigenvalue weighted by Crippen LogP contribution is 2.30.